The average molecular weight is 361 g/mol. The summed E-state index contributed by atoms with van der Waals surface area (Å²) in [5.74, 6) is 0.933. The highest BCUT2D eigenvalue weighted by Crippen LogP contribution is 2.19. The zero-order valence-electron chi connectivity index (χ0n) is 15.3. The predicted octanol–water partition coefficient (Wildman–Crippen LogP) is 2.82. The Morgan fingerprint density at radius 1 is 0.889 bits per heavy atom. The van der Waals surface area contributed by atoms with Crippen molar-refractivity contribution < 1.29 is 0 Å². The minimum absolute atomic E-state index is 0.0886. The van der Waals surface area contributed by atoms with Crippen molar-refractivity contribution in [1.29, 1.82) is 0 Å². The molecule has 1 aliphatic heterocycles. The van der Waals surface area contributed by atoms with Crippen LogP contribution in [0.1, 0.15) is 18.7 Å². The third-order valence-corrected chi connectivity index (χ3v) is 5.55. The van der Waals surface area contributed by atoms with Gasteiger partial charge in [-0.25, -0.2) is 9.78 Å². The summed E-state index contributed by atoms with van der Waals surface area (Å²) in [5, 5.41) is 0. The van der Waals surface area contributed by atoms with E-state index in [1.54, 1.807) is 4.57 Å². The van der Waals surface area contributed by atoms with Crippen molar-refractivity contribution in [2.45, 2.75) is 25.9 Å². The molecule has 0 aliphatic carbocycles. The first-order chi connectivity index (χ1) is 13.3. The second-order valence-corrected chi connectivity index (χ2v) is 7.25. The topological polar surface area (TPSA) is 58.9 Å². The van der Waals surface area contributed by atoms with Crippen LogP contribution in [0.25, 0.3) is 22.1 Å². The maximum absolute atomic E-state index is 12.5. The van der Waals surface area contributed by atoms with Gasteiger partial charge in [-0.3, -0.25) is 4.57 Å². The van der Waals surface area contributed by atoms with Crippen LogP contribution in [0.5, 0.6) is 0 Å². The van der Waals surface area contributed by atoms with Crippen molar-refractivity contribution in [3.8, 4) is 0 Å². The summed E-state index contributed by atoms with van der Waals surface area (Å²) in [7, 11) is 0. The molecule has 6 nitrogen and oxygen atoms in total. The number of nitrogens with one attached hydrogen (secondary N) is 1. The second kappa shape index (κ2) is 6.70. The van der Waals surface area contributed by atoms with Gasteiger partial charge in [0.2, 0.25) is 0 Å². The average Bonchev–Trinajstić information content (AvgIpc) is 3.39. The molecule has 3 heterocycles. The van der Waals surface area contributed by atoms with Gasteiger partial charge in [0.05, 0.1) is 28.6 Å². The zero-order valence-corrected chi connectivity index (χ0v) is 15.3. The number of aromatic amines is 1. The molecule has 2 aromatic carbocycles. The summed E-state index contributed by atoms with van der Waals surface area (Å²) >= 11 is 0. The van der Waals surface area contributed by atoms with Crippen molar-refractivity contribution in [3.63, 3.8) is 0 Å². The fourth-order valence-electron chi connectivity index (χ4n) is 4.15. The van der Waals surface area contributed by atoms with Gasteiger partial charge < -0.3 is 14.5 Å². The first-order valence-electron chi connectivity index (χ1n) is 9.64. The number of likely N-dealkylation sites (tertiary alicyclic amines) is 1. The first-order valence-corrected chi connectivity index (χ1v) is 9.64. The van der Waals surface area contributed by atoms with Gasteiger partial charge in [-0.05, 0) is 50.2 Å². The Hall–Kier alpha value is -2.86. The number of aromatic nitrogens is 4. The lowest BCUT2D eigenvalue weighted by Crippen LogP contribution is -2.26. The number of benzene rings is 2. The lowest BCUT2D eigenvalue weighted by atomic mass is 10.3. The van der Waals surface area contributed by atoms with Crippen LogP contribution in [0.15, 0.2) is 53.3 Å². The standard InChI is InChI=1S/C21H23N5O/c27-21-23-17-8-2-4-10-19(17)26(21)15-20-22-16-7-1-3-9-18(16)25(20)14-13-24-11-5-6-12-24/h1-4,7-10H,5-6,11-15H2,(H,23,27). The summed E-state index contributed by atoms with van der Waals surface area (Å²) < 4.78 is 4.06. The van der Waals surface area contributed by atoms with Gasteiger partial charge >= 0.3 is 5.69 Å². The Balaban J connectivity index is 1.54. The zero-order chi connectivity index (χ0) is 18.2. The highest BCUT2D eigenvalue weighted by atomic mass is 16.1. The summed E-state index contributed by atoms with van der Waals surface area (Å²) in [5.41, 5.74) is 3.82. The Kier molecular flexibility index (Phi) is 4.05. The van der Waals surface area contributed by atoms with E-state index in [-0.39, 0.29) is 5.69 Å². The molecule has 1 aliphatic rings. The number of fused-ring (bicyclic) bond motifs is 2. The molecule has 0 saturated carbocycles. The molecule has 6 heteroatoms. The summed E-state index contributed by atoms with van der Waals surface area (Å²) in [4.78, 5) is 22.8. The van der Waals surface area contributed by atoms with Crippen molar-refractivity contribution in [3.05, 3.63) is 64.8 Å². The number of rotatable bonds is 5. The van der Waals surface area contributed by atoms with Crippen LogP contribution in [0.4, 0.5) is 0 Å². The van der Waals surface area contributed by atoms with E-state index < -0.39 is 0 Å². The smallest absolute Gasteiger partial charge is 0.325 e. The molecular formula is C21H23N5O. The third-order valence-electron chi connectivity index (χ3n) is 5.55. The van der Waals surface area contributed by atoms with Gasteiger partial charge in [0.1, 0.15) is 5.82 Å². The number of nitrogens with zero attached hydrogens (tertiary/aromatic N) is 4. The van der Waals surface area contributed by atoms with E-state index in [0.717, 1.165) is 41.0 Å². The van der Waals surface area contributed by atoms with Gasteiger partial charge in [0, 0.05) is 13.1 Å². The maximum atomic E-state index is 12.5. The monoisotopic (exact) mass is 361 g/mol. The van der Waals surface area contributed by atoms with E-state index in [1.165, 1.54) is 25.9 Å². The molecule has 4 aromatic rings. The van der Waals surface area contributed by atoms with Gasteiger partial charge in [0.15, 0.2) is 0 Å². The van der Waals surface area contributed by atoms with Crippen LogP contribution >= 0.6 is 0 Å². The fourth-order valence-corrected chi connectivity index (χ4v) is 4.15. The Morgan fingerprint density at radius 3 is 2.48 bits per heavy atom. The number of hydrogen-bond acceptors (Lipinski definition) is 3. The second-order valence-electron chi connectivity index (χ2n) is 7.25. The van der Waals surface area contributed by atoms with Gasteiger partial charge in [-0.2, -0.15) is 0 Å². The molecule has 0 bridgehead atoms. The van der Waals surface area contributed by atoms with E-state index in [2.05, 4.69) is 26.6 Å². The third kappa shape index (κ3) is 2.96. The molecule has 5 rings (SSSR count). The van der Waals surface area contributed by atoms with Gasteiger partial charge in [0.25, 0.3) is 0 Å². The Morgan fingerprint density at radius 2 is 1.63 bits per heavy atom. The van der Waals surface area contributed by atoms with E-state index in [0.29, 0.717) is 6.54 Å². The van der Waals surface area contributed by atoms with E-state index in [9.17, 15) is 4.79 Å². The van der Waals surface area contributed by atoms with Crippen LogP contribution < -0.4 is 5.69 Å². The predicted molar refractivity (Wildman–Crippen MR) is 107 cm³/mol. The summed E-state index contributed by atoms with van der Waals surface area (Å²) in [6.07, 6.45) is 2.59. The van der Waals surface area contributed by atoms with Crippen LogP contribution in [-0.4, -0.2) is 43.6 Å². The number of hydrogen-bond donors (Lipinski definition) is 1. The largest absolute Gasteiger partial charge is 0.326 e. The SMILES string of the molecule is O=c1[nH]c2ccccc2n1Cc1nc2ccccc2n1CCN1CCCC1. The molecule has 2 aromatic heterocycles. The summed E-state index contributed by atoms with van der Waals surface area (Å²) in [6.45, 7) is 4.76. The van der Waals surface area contributed by atoms with Crippen LogP contribution in [0.3, 0.4) is 0 Å². The number of para-hydroxylation sites is 4. The van der Waals surface area contributed by atoms with E-state index in [1.807, 2.05) is 36.4 Å². The minimum Gasteiger partial charge on any atom is -0.325 e. The Bertz CT molecular complexity index is 1150. The molecule has 0 amide bonds. The molecule has 0 atom stereocenters. The fraction of sp³-hybridized carbons (Fsp3) is 0.333. The molecular weight excluding hydrogens is 338 g/mol. The highest BCUT2D eigenvalue weighted by molar-refractivity contribution is 5.77. The lowest BCUT2D eigenvalue weighted by Gasteiger charge is -2.17. The van der Waals surface area contributed by atoms with Crippen molar-refractivity contribution >= 4 is 22.1 Å². The normalized spacial score (nSPS) is 15.3. The van der Waals surface area contributed by atoms with Crippen LogP contribution in [0.2, 0.25) is 0 Å². The summed E-state index contributed by atoms with van der Waals surface area (Å²) in [6, 6.07) is 16.0. The molecule has 0 spiro atoms. The molecule has 27 heavy (non-hydrogen) atoms. The number of H-pyrrole nitrogens is 1. The van der Waals surface area contributed by atoms with Crippen molar-refractivity contribution in [2.75, 3.05) is 19.6 Å². The minimum atomic E-state index is -0.0886. The van der Waals surface area contributed by atoms with Crippen molar-refractivity contribution in [1.82, 2.24) is 24.0 Å². The van der Waals surface area contributed by atoms with Gasteiger partial charge in [-0.15, -0.1) is 0 Å². The molecule has 0 radical (unpaired) electrons. The molecule has 1 fully saturated rings. The van der Waals surface area contributed by atoms with Crippen LogP contribution in [-0.2, 0) is 13.1 Å². The quantitative estimate of drug-likeness (QED) is 0.595. The molecule has 138 valence electrons. The van der Waals surface area contributed by atoms with Crippen LogP contribution in [0, 0.1) is 0 Å². The van der Waals surface area contributed by atoms with Crippen molar-refractivity contribution in [2.24, 2.45) is 0 Å². The Labute approximate surface area is 157 Å². The molecule has 0 unspecified atom stereocenters. The lowest BCUT2D eigenvalue weighted by molar-refractivity contribution is 0.322. The first kappa shape index (κ1) is 16.3. The molecule has 1 N–H and O–H groups in total. The number of imidazole rings is 2. The highest BCUT2D eigenvalue weighted by Gasteiger charge is 2.16. The van der Waals surface area contributed by atoms with E-state index in [4.69, 9.17) is 4.98 Å². The molecule has 1 saturated heterocycles. The maximum Gasteiger partial charge on any atom is 0.326 e. The van der Waals surface area contributed by atoms with Gasteiger partial charge in [-0.1, -0.05) is 24.3 Å². The van der Waals surface area contributed by atoms with E-state index >= 15 is 0 Å².